The largest absolute Gasteiger partial charge is 0.326 e. The van der Waals surface area contributed by atoms with Crippen LogP contribution in [0.25, 0.3) is 22.1 Å². The van der Waals surface area contributed by atoms with Crippen molar-refractivity contribution in [1.29, 1.82) is 0 Å². The fourth-order valence-corrected chi connectivity index (χ4v) is 4.09. The second kappa shape index (κ2) is 7.68. The monoisotopic (exact) mass is 363 g/mol. The highest BCUT2D eigenvalue weighted by molar-refractivity contribution is 7.99. The molecular weight excluding hydrogens is 342 g/mol. The molecule has 7 heteroatoms. The smallest absolute Gasteiger partial charge is 0.209 e. The number of likely N-dealkylation sites (tertiary alicyclic amines) is 1. The maximum absolute atomic E-state index is 4.76. The average Bonchev–Trinajstić information content (AvgIpc) is 2.89. The first-order valence-electron chi connectivity index (χ1n) is 8.26. The molecule has 0 atom stereocenters. The summed E-state index contributed by atoms with van der Waals surface area (Å²) in [7, 11) is 2.02. The molecule has 4 rings (SSSR count). The lowest BCUT2D eigenvalue weighted by Crippen LogP contribution is -2.31. The van der Waals surface area contributed by atoms with E-state index in [1.165, 1.54) is 32.4 Å². The normalized spacial score (nSPS) is 15.7. The molecule has 5 nitrogen and oxygen atoms in total. The number of piperidine rings is 1. The average molecular weight is 364 g/mol. The quantitative estimate of drug-likeness (QED) is 0.664. The Kier molecular flexibility index (Phi) is 5.58. The number of hydrogen-bond donors (Lipinski definition) is 0. The van der Waals surface area contributed by atoms with Crippen LogP contribution in [0.15, 0.2) is 29.4 Å². The summed E-state index contributed by atoms with van der Waals surface area (Å²) in [6.07, 6.45) is 4.06. The topological polar surface area (TPSA) is 46.8 Å². The van der Waals surface area contributed by atoms with Crippen LogP contribution in [-0.2, 0) is 7.05 Å². The maximum atomic E-state index is 4.76. The minimum atomic E-state index is 0. The molecule has 0 bridgehead atoms. The van der Waals surface area contributed by atoms with Gasteiger partial charge in [0.1, 0.15) is 5.52 Å². The molecule has 1 aromatic carbocycles. The third kappa shape index (κ3) is 3.36. The second-order valence-corrected chi connectivity index (χ2v) is 7.16. The molecule has 24 heavy (non-hydrogen) atoms. The van der Waals surface area contributed by atoms with Crippen molar-refractivity contribution in [2.45, 2.75) is 24.4 Å². The Morgan fingerprint density at radius 3 is 2.71 bits per heavy atom. The van der Waals surface area contributed by atoms with Gasteiger partial charge in [-0.25, -0.2) is 4.98 Å². The van der Waals surface area contributed by atoms with Gasteiger partial charge in [0.2, 0.25) is 5.16 Å². The van der Waals surface area contributed by atoms with Crippen molar-refractivity contribution in [2.75, 3.05) is 25.4 Å². The van der Waals surface area contributed by atoms with Gasteiger partial charge in [-0.2, -0.15) is 0 Å². The number of rotatable bonds is 4. The van der Waals surface area contributed by atoms with Crippen LogP contribution in [0.2, 0.25) is 0 Å². The molecule has 3 aromatic rings. The first-order valence-corrected chi connectivity index (χ1v) is 9.24. The van der Waals surface area contributed by atoms with Crippen molar-refractivity contribution in [3.63, 3.8) is 0 Å². The summed E-state index contributed by atoms with van der Waals surface area (Å²) < 4.78 is 2.06. The first-order chi connectivity index (χ1) is 11.3. The number of fused-ring (bicyclic) bond motifs is 3. The van der Waals surface area contributed by atoms with Gasteiger partial charge in [-0.15, -0.1) is 22.6 Å². The third-order valence-electron chi connectivity index (χ3n) is 4.58. The first kappa shape index (κ1) is 17.5. The number of aromatic nitrogens is 4. The SMILES string of the molecule is Cl.Cn1c2ccccc2c2nc(SCCN3CCCCC3)nnc21. The molecular formula is C17H22ClN5S. The van der Waals surface area contributed by atoms with Gasteiger partial charge in [0, 0.05) is 24.7 Å². The van der Waals surface area contributed by atoms with Crippen molar-refractivity contribution in [3.8, 4) is 0 Å². The summed E-state index contributed by atoms with van der Waals surface area (Å²) in [6.45, 7) is 3.59. The molecule has 1 fully saturated rings. The minimum absolute atomic E-state index is 0. The van der Waals surface area contributed by atoms with E-state index in [2.05, 4.69) is 31.8 Å². The van der Waals surface area contributed by atoms with E-state index in [9.17, 15) is 0 Å². The number of thioether (sulfide) groups is 1. The summed E-state index contributed by atoms with van der Waals surface area (Å²) in [4.78, 5) is 7.30. The third-order valence-corrected chi connectivity index (χ3v) is 5.39. The number of nitrogens with zero attached hydrogens (tertiary/aromatic N) is 5. The van der Waals surface area contributed by atoms with E-state index in [1.807, 2.05) is 19.2 Å². The van der Waals surface area contributed by atoms with E-state index in [1.54, 1.807) is 11.8 Å². The molecule has 0 aliphatic carbocycles. The van der Waals surface area contributed by atoms with Gasteiger partial charge in [0.15, 0.2) is 5.65 Å². The van der Waals surface area contributed by atoms with Crippen LogP contribution in [0.4, 0.5) is 0 Å². The molecule has 0 N–H and O–H groups in total. The van der Waals surface area contributed by atoms with Crippen LogP contribution < -0.4 is 0 Å². The van der Waals surface area contributed by atoms with Crippen LogP contribution in [0.5, 0.6) is 0 Å². The lowest BCUT2D eigenvalue weighted by molar-refractivity contribution is 0.242. The van der Waals surface area contributed by atoms with Gasteiger partial charge in [-0.1, -0.05) is 36.4 Å². The molecule has 2 aromatic heterocycles. The summed E-state index contributed by atoms with van der Waals surface area (Å²) in [6, 6.07) is 8.30. The van der Waals surface area contributed by atoms with E-state index in [-0.39, 0.29) is 12.4 Å². The molecule has 0 amide bonds. The Bertz CT molecular complexity index is 828. The standard InChI is InChI=1S/C17H21N5S.ClH/c1-21-14-8-4-3-7-13(14)15-16(21)19-20-17(18-15)23-12-11-22-9-5-2-6-10-22;/h3-4,7-8H,2,5-6,9-12H2,1H3;1H. The number of halogens is 1. The lowest BCUT2D eigenvalue weighted by atomic mass is 10.1. The van der Waals surface area contributed by atoms with Gasteiger partial charge in [-0.05, 0) is 32.0 Å². The zero-order valence-corrected chi connectivity index (χ0v) is 15.4. The number of benzene rings is 1. The summed E-state index contributed by atoms with van der Waals surface area (Å²) >= 11 is 1.71. The van der Waals surface area contributed by atoms with E-state index < -0.39 is 0 Å². The molecule has 0 unspecified atom stereocenters. The van der Waals surface area contributed by atoms with Gasteiger partial charge in [0.05, 0.1) is 5.52 Å². The Morgan fingerprint density at radius 2 is 1.88 bits per heavy atom. The number of para-hydroxylation sites is 1. The van der Waals surface area contributed by atoms with Crippen LogP contribution in [0.1, 0.15) is 19.3 Å². The van der Waals surface area contributed by atoms with Crippen molar-refractivity contribution >= 4 is 46.2 Å². The molecule has 128 valence electrons. The van der Waals surface area contributed by atoms with Crippen molar-refractivity contribution in [3.05, 3.63) is 24.3 Å². The molecule has 3 heterocycles. The van der Waals surface area contributed by atoms with E-state index >= 15 is 0 Å². The molecule has 1 saturated heterocycles. The minimum Gasteiger partial charge on any atom is -0.326 e. The fraction of sp³-hybridized carbons (Fsp3) is 0.471. The highest BCUT2D eigenvalue weighted by Crippen LogP contribution is 2.26. The molecule has 1 aliphatic rings. The highest BCUT2D eigenvalue weighted by atomic mass is 35.5. The summed E-state index contributed by atoms with van der Waals surface area (Å²) in [5.74, 6) is 1.03. The van der Waals surface area contributed by atoms with Crippen LogP contribution in [0, 0.1) is 0 Å². The predicted octanol–water partition coefficient (Wildman–Crippen LogP) is 3.52. The molecule has 0 spiro atoms. The van der Waals surface area contributed by atoms with E-state index in [0.29, 0.717) is 0 Å². The predicted molar refractivity (Wildman–Crippen MR) is 102 cm³/mol. The zero-order chi connectivity index (χ0) is 15.6. The Hall–Kier alpha value is -1.37. The van der Waals surface area contributed by atoms with Crippen LogP contribution in [-0.4, -0.2) is 50.0 Å². The maximum Gasteiger partial charge on any atom is 0.209 e. The Balaban J connectivity index is 0.00000169. The van der Waals surface area contributed by atoms with Crippen LogP contribution in [0.3, 0.4) is 0 Å². The van der Waals surface area contributed by atoms with Crippen molar-refractivity contribution in [1.82, 2.24) is 24.6 Å². The lowest BCUT2D eigenvalue weighted by Gasteiger charge is -2.25. The summed E-state index contributed by atoms with van der Waals surface area (Å²) in [5, 5.41) is 10.6. The number of hydrogen-bond acceptors (Lipinski definition) is 5. The molecule has 0 radical (unpaired) electrons. The van der Waals surface area contributed by atoms with E-state index in [4.69, 9.17) is 4.98 Å². The van der Waals surface area contributed by atoms with E-state index in [0.717, 1.165) is 39.5 Å². The Morgan fingerprint density at radius 1 is 1.08 bits per heavy atom. The van der Waals surface area contributed by atoms with Crippen LogP contribution >= 0.6 is 24.2 Å². The second-order valence-electron chi connectivity index (χ2n) is 6.09. The fourth-order valence-electron chi connectivity index (χ4n) is 3.30. The molecule has 0 saturated carbocycles. The van der Waals surface area contributed by atoms with Crippen molar-refractivity contribution < 1.29 is 0 Å². The zero-order valence-electron chi connectivity index (χ0n) is 13.8. The number of aryl methyl sites for hydroxylation is 1. The van der Waals surface area contributed by atoms with Gasteiger partial charge in [-0.3, -0.25) is 0 Å². The summed E-state index contributed by atoms with van der Waals surface area (Å²) in [5.41, 5.74) is 2.96. The van der Waals surface area contributed by atoms with Gasteiger partial charge in [0.25, 0.3) is 0 Å². The highest BCUT2D eigenvalue weighted by Gasteiger charge is 2.13. The molecule has 1 aliphatic heterocycles. The van der Waals surface area contributed by atoms with Gasteiger partial charge < -0.3 is 9.47 Å². The Labute approximate surface area is 152 Å². The van der Waals surface area contributed by atoms with Crippen molar-refractivity contribution in [2.24, 2.45) is 7.05 Å². The van der Waals surface area contributed by atoms with Gasteiger partial charge >= 0.3 is 0 Å².